The molecule has 1 aromatic heterocycles. The van der Waals surface area contributed by atoms with E-state index in [0.29, 0.717) is 0 Å². The van der Waals surface area contributed by atoms with Gasteiger partial charge in [-0.05, 0) is 13.0 Å². The number of hydrogen-bond donors (Lipinski definition) is 1. The summed E-state index contributed by atoms with van der Waals surface area (Å²) in [5, 5.41) is 9.67. The summed E-state index contributed by atoms with van der Waals surface area (Å²) < 4.78 is 30.2. The molecule has 18 heavy (non-hydrogen) atoms. The number of ether oxygens (including phenoxy) is 1. The first-order chi connectivity index (χ1) is 8.49. The number of carbonyl (C=O) groups is 1. The molecule has 0 aromatic carbocycles. The lowest BCUT2D eigenvalue weighted by Gasteiger charge is -2.10. The maximum atomic E-state index is 12.8. The third-order valence-electron chi connectivity index (χ3n) is 2.17. The van der Waals surface area contributed by atoms with Gasteiger partial charge in [-0.15, -0.1) is 0 Å². The van der Waals surface area contributed by atoms with E-state index < -0.39 is 18.0 Å². The lowest BCUT2D eigenvalue weighted by molar-refractivity contribution is -0.142. The first kappa shape index (κ1) is 14.8. The van der Waals surface area contributed by atoms with Gasteiger partial charge in [-0.2, -0.15) is 0 Å². The molecule has 1 rings (SSSR count). The van der Waals surface area contributed by atoms with E-state index in [1.54, 1.807) is 6.92 Å². The summed E-state index contributed by atoms with van der Waals surface area (Å²) in [6, 6.07) is 0.933. The third kappa shape index (κ3) is 3.63. The number of carbonyl (C=O) groups excluding carboxylic acids is 1. The van der Waals surface area contributed by atoms with Gasteiger partial charge in [-0.25, -0.2) is 8.78 Å². The average molecular weight is 324 g/mol. The summed E-state index contributed by atoms with van der Waals surface area (Å²) in [7, 11) is 0. The summed E-state index contributed by atoms with van der Waals surface area (Å²) in [4.78, 5) is 15.1. The molecule has 0 aliphatic heterocycles. The number of halogens is 3. The van der Waals surface area contributed by atoms with Gasteiger partial charge in [0.05, 0.1) is 24.4 Å². The van der Waals surface area contributed by atoms with Gasteiger partial charge in [-0.3, -0.25) is 9.78 Å². The molecule has 0 saturated carbocycles. The summed E-state index contributed by atoms with van der Waals surface area (Å²) in [6.45, 7) is 1.80. The number of rotatable bonds is 5. The highest BCUT2D eigenvalue weighted by Crippen LogP contribution is 2.28. The molecule has 100 valence electrons. The molecule has 0 spiro atoms. The normalized spacial score (nSPS) is 10.7. The Morgan fingerprint density at radius 2 is 2.22 bits per heavy atom. The molecule has 1 aromatic rings. The molecule has 0 amide bonds. The fourth-order valence-electron chi connectivity index (χ4n) is 1.38. The highest BCUT2D eigenvalue weighted by Gasteiger charge is 2.20. The van der Waals surface area contributed by atoms with E-state index in [4.69, 9.17) is 0 Å². The van der Waals surface area contributed by atoms with E-state index in [9.17, 15) is 18.7 Å². The van der Waals surface area contributed by atoms with Crippen LogP contribution in [0, 0.1) is 0 Å². The predicted octanol–water partition coefficient (Wildman–Crippen LogP) is 2.73. The molecule has 0 aliphatic rings. The first-order valence-corrected chi connectivity index (χ1v) is 6.33. The summed E-state index contributed by atoms with van der Waals surface area (Å²) in [6.07, 6.45) is -3.15. The van der Waals surface area contributed by atoms with Gasteiger partial charge >= 0.3 is 5.97 Å². The number of alkyl halides is 3. The molecule has 0 saturated heterocycles. The van der Waals surface area contributed by atoms with E-state index in [-0.39, 0.29) is 35.5 Å². The van der Waals surface area contributed by atoms with Crippen molar-refractivity contribution in [1.82, 2.24) is 4.98 Å². The van der Waals surface area contributed by atoms with Crippen LogP contribution in [0.1, 0.15) is 30.3 Å². The van der Waals surface area contributed by atoms with Crippen LogP contribution < -0.4 is 0 Å². The van der Waals surface area contributed by atoms with Crippen LogP contribution in [0.3, 0.4) is 0 Å². The second-order valence-electron chi connectivity index (χ2n) is 3.41. The van der Waals surface area contributed by atoms with Crippen molar-refractivity contribution in [1.29, 1.82) is 0 Å². The number of aromatic nitrogens is 1. The Labute approximate surface area is 111 Å². The second-order valence-corrected chi connectivity index (χ2v) is 3.97. The number of pyridine rings is 1. The maximum Gasteiger partial charge on any atom is 0.311 e. The zero-order valence-electron chi connectivity index (χ0n) is 9.62. The first-order valence-electron chi connectivity index (χ1n) is 5.21. The minimum Gasteiger partial charge on any atom is -0.506 e. The van der Waals surface area contributed by atoms with Crippen molar-refractivity contribution in [3.05, 3.63) is 23.0 Å². The van der Waals surface area contributed by atoms with Crippen molar-refractivity contribution in [2.45, 2.75) is 25.1 Å². The molecule has 1 heterocycles. The molecule has 4 nitrogen and oxygen atoms in total. The lowest BCUT2D eigenvalue weighted by Crippen LogP contribution is -2.12. The number of nitrogens with zero attached hydrogens (tertiary/aromatic N) is 1. The Balaban J connectivity index is 3.10. The fourth-order valence-corrected chi connectivity index (χ4v) is 1.79. The van der Waals surface area contributed by atoms with Crippen LogP contribution in [-0.2, 0) is 21.3 Å². The highest BCUT2D eigenvalue weighted by molar-refractivity contribution is 9.08. The van der Waals surface area contributed by atoms with E-state index in [1.165, 1.54) is 0 Å². The zero-order valence-corrected chi connectivity index (χ0v) is 11.2. The molecule has 0 unspecified atom stereocenters. The van der Waals surface area contributed by atoms with Crippen LogP contribution in [0.2, 0.25) is 0 Å². The van der Waals surface area contributed by atoms with E-state index in [0.717, 1.165) is 6.07 Å². The van der Waals surface area contributed by atoms with Crippen LogP contribution in [0.4, 0.5) is 8.78 Å². The summed E-state index contributed by atoms with van der Waals surface area (Å²) in [5.74, 6) is -0.951. The quantitative estimate of drug-likeness (QED) is 0.668. The van der Waals surface area contributed by atoms with Crippen molar-refractivity contribution in [3.8, 4) is 5.75 Å². The topological polar surface area (TPSA) is 59.4 Å². The molecule has 7 heteroatoms. The molecule has 0 bridgehead atoms. The minimum atomic E-state index is -2.81. The fraction of sp³-hybridized carbons (Fsp3) is 0.455. The number of hydrogen-bond acceptors (Lipinski definition) is 4. The van der Waals surface area contributed by atoms with Gasteiger partial charge in [0.2, 0.25) is 0 Å². The maximum absolute atomic E-state index is 12.8. The van der Waals surface area contributed by atoms with Crippen LogP contribution in [0.25, 0.3) is 0 Å². The van der Waals surface area contributed by atoms with Gasteiger partial charge in [-0.1, -0.05) is 15.9 Å². The Morgan fingerprint density at radius 3 is 2.72 bits per heavy atom. The Kier molecular flexibility index (Phi) is 5.46. The molecular formula is C11H12BrF2NO3. The van der Waals surface area contributed by atoms with Crippen LogP contribution in [0.5, 0.6) is 5.75 Å². The third-order valence-corrected chi connectivity index (χ3v) is 2.70. The van der Waals surface area contributed by atoms with Gasteiger partial charge in [0.15, 0.2) is 0 Å². The number of aromatic hydroxyl groups is 1. The van der Waals surface area contributed by atoms with Crippen molar-refractivity contribution >= 4 is 21.9 Å². The van der Waals surface area contributed by atoms with Gasteiger partial charge < -0.3 is 9.84 Å². The smallest absolute Gasteiger partial charge is 0.311 e. The SMILES string of the molecule is CCOC(=O)Cc1nc(CBr)c(O)cc1C(F)F. The second kappa shape index (κ2) is 6.63. The highest BCUT2D eigenvalue weighted by atomic mass is 79.9. The monoisotopic (exact) mass is 323 g/mol. The minimum absolute atomic E-state index is 0.0734. The van der Waals surface area contributed by atoms with E-state index in [1.807, 2.05) is 0 Å². The Morgan fingerprint density at radius 1 is 1.56 bits per heavy atom. The van der Waals surface area contributed by atoms with Gasteiger partial charge in [0, 0.05) is 10.9 Å². The van der Waals surface area contributed by atoms with Crippen molar-refractivity contribution in [2.75, 3.05) is 6.61 Å². The van der Waals surface area contributed by atoms with Crippen molar-refractivity contribution < 1.29 is 23.4 Å². The average Bonchev–Trinajstić information content (AvgIpc) is 2.30. The summed E-state index contributed by atoms with van der Waals surface area (Å²) in [5.41, 5.74) is -0.320. The van der Waals surface area contributed by atoms with E-state index in [2.05, 4.69) is 25.7 Å². The molecule has 0 radical (unpaired) electrons. The molecule has 0 atom stereocenters. The molecule has 0 aliphatic carbocycles. The van der Waals surface area contributed by atoms with Crippen LogP contribution in [0.15, 0.2) is 6.07 Å². The zero-order chi connectivity index (χ0) is 13.7. The van der Waals surface area contributed by atoms with Crippen molar-refractivity contribution in [2.24, 2.45) is 0 Å². The molecule has 1 N–H and O–H groups in total. The lowest BCUT2D eigenvalue weighted by atomic mass is 10.1. The summed E-state index contributed by atoms with van der Waals surface area (Å²) >= 11 is 3.07. The van der Waals surface area contributed by atoms with Crippen LogP contribution in [-0.4, -0.2) is 22.7 Å². The number of esters is 1. The Hall–Kier alpha value is -1.24. The predicted molar refractivity (Wildman–Crippen MR) is 63.8 cm³/mol. The Bertz CT molecular complexity index is 441. The molecule has 0 fully saturated rings. The van der Waals surface area contributed by atoms with Crippen LogP contribution >= 0.6 is 15.9 Å². The van der Waals surface area contributed by atoms with Gasteiger partial charge in [0.25, 0.3) is 6.43 Å². The standard InChI is InChI=1S/C11H12BrF2NO3/c1-2-18-10(17)4-7-6(11(13)14)3-9(16)8(5-12)15-7/h3,11,16H,2,4-5H2,1H3. The molecular weight excluding hydrogens is 312 g/mol. The van der Waals surface area contributed by atoms with E-state index >= 15 is 0 Å². The largest absolute Gasteiger partial charge is 0.506 e. The van der Waals surface area contributed by atoms with Crippen molar-refractivity contribution in [3.63, 3.8) is 0 Å². The van der Waals surface area contributed by atoms with Gasteiger partial charge in [0.1, 0.15) is 5.75 Å².